The number of anilines is 1. The van der Waals surface area contributed by atoms with Crippen molar-refractivity contribution in [2.24, 2.45) is 0 Å². The maximum Gasteiger partial charge on any atom is 0.223 e. The van der Waals surface area contributed by atoms with E-state index in [0.29, 0.717) is 12.5 Å². The summed E-state index contributed by atoms with van der Waals surface area (Å²) in [5, 5.41) is 0. The average molecular weight is 287 g/mol. The van der Waals surface area contributed by atoms with E-state index < -0.39 is 0 Å². The minimum absolute atomic E-state index is 0.00193. The van der Waals surface area contributed by atoms with E-state index in [9.17, 15) is 0 Å². The number of nitrogens with two attached hydrogens (primary N) is 1. The van der Waals surface area contributed by atoms with Crippen molar-refractivity contribution < 1.29 is 14.2 Å². The van der Waals surface area contributed by atoms with E-state index in [1.165, 1.54) is 0 Å². The zero-order chi connectivity index (χ0) is 14.7. The second-order valence-corrected chi connectivity index (χ2v) is 4.80. The largest absolute Gasteiger partial charge is 0.486 e. The topological polar surface area (TPSA) is 79.5 Å². The van der Waals surface area contributed by atoms with Crippen LogP contribution in [0.1, 0.15) is 12.1 Å². The Balaban J connectivity index is 1.63. The lowest BCUT2D eigenvalue weighted by atomic mass is 10.1. The van der Waals surface area contributed by atoms with Gasteiger partial charge in [0, 0.05) is 11.8 Å². The van der Waals surface area contributed by atoms with Crippen molar-refractivity contribution in [1.29, 1.82) is 0 Å². The summed E-state index contributed by atoms with van der Waals surface area (Å²) in [7, 11) is 1.56. The fraction of sp³-hybridized carbons (Fsp3) is 0.333. The number of methoxy groups -OCH3 is 1. The highest BCUT2D eigenvalue weighted by atomic mass is 16.6. The van der Waals surface area contributed by atoms with Crippen LogP contribution in [-0.2, 0) is 6.42 Å². The summed E-state index contributed by atoms with van der Waals surface area (Å²) in [6, 6.07) is 9.46. The molecule has 0 bridgehead atoms. The Morgan fingerprint density at radius 2 is 2.10 bits per heavy atom. The molecule has 0 radical (unpaired) electrons. The number of hydrogen-bond acceptors (Lipinski definition) is 6. The first-order valence-corrected chi connectivity index (χ1v) is 6.80. The minimum Gasteiger partial charge on any atom is -0.486 e. The lowest BCUT2D eigenvalue weighted by Crippen LogP contribution is -2.29. The first-order valence-electron chi connectivity index (χ1n) is 6.80. The average Bonchev–Trinajstić information content (AvgIpc) is 2.52. The number of rotatable bonds is 4. The molecule has 0 saturated heterocycles. The fourth-order valence-electron chi connectivity index (χ4n) is 2.24. The number of aromatic nitrogens is 2. The number of ether oxygens (including phenoxy) is 3. The smallest absolute Gasteiger partial charge is 0.223 e. The van der Waals surface area contributed by atoms with Crippen molar-refractivity contribution >= 4 is 5.95 Å². The highest BCUT2D eigenvalue weighted by Crippen LogP contribution is 2.31. The lowest BCUT2D eigenvalue weighted by molar-refractivity contribution is 0.0849. The summed E-state index contributed by atoms with van der Waals surface area (Å²) in [5.74, 6) is 2.27. The van der Waals surface area contributed by atoms with Crippen LogP contribution in [0.4, 0.5) is 5.95 Å². The van der Waals surface area contributed by atoms with Crippen molar-refractivity contribution in [2.45, 2.75) is 18.9 Å². The van der Waals surface area contributed by atoms with Gasteiger partial charge in [0.15, 0.2) is 11.5 Å². The fourth-order valence-corrected chi connectivity index (χ4v) is 2.24. The van der Waals surface area contributed by atoms with E-state index in [4.69, 9.17) is 19.9 Å². The van der Waals surface area contributed by atoms with E-state index >= 15 is 0 Å². The van der Waals surface area contributed by atoms with Crippen molar-refractivity contribution in [3.8, 4) is 17.4 Å². The molecule has 2 N–H and O–H groups in total. The van der Waals surface area contributed by atoms with Gasteiger partial charge >= 0.3 is 0 Å². The van der Waals surface area contributed by atoms with Gasteiger partial charge < -0.3 is 19.9 Å². The van der Waals surface area contributed by atoms with Gasteiger partial charge in [-0.05, 0) is 25.0 Å². The lowest BCUT2D eigenvalue weighted by Gasteiger charge is -2.26. The predicted molar refractivity (Wildman–Crippen MR) is 77.7 cm³/mol. The molecule has 6 nitrogen and oxygen atoms in total. The van der Waals surface area contributed by atoms with Crippen molar-refractivity contribution in [2.75, 3.05) is 19.5 Å². The van der Waals surface area contributed by atoms with Crippen LogP contribution >= 0.6 is 0 Å². The molecule has 2 aromatic rings. The van der Waals surface area contributed by atoms with Crippen molar-refractivity contribution in [3.05, 3.63) is 36.0 Å². The van der Waals surface area contributed by atoms with Crippen LogP contribution in [0.2, 0.25) is 0 Å². The van der Waals surface area contributed by atoms with Crippen molar-refractivity contribution in [3.63, 3.8) is 0 Å². The molecule has 2 heterocycles. The third-order valence-corrected chi connectivity index (χ3v) is 3.27. The molecular weight excluding hydrogens is 270 g/mol. The van der Waals surface area contributed by atoms with Crippen LogP contribution in [0.25, 0.3) is 0 Å². The Morgan fingerprint density at radius 1 is 1.29 bits per heavy atom. The standard InChI is InChI=1S/C15H17N3O3/c1-19-14-8-10(17-15(16)18-14)6-7-11-9-20-12-4-2-3-5-13(12)21-11/h2-5,8,11H,6-7,9H2,1H3,(H2,16,17,18)/t11-/m0/s1. The maximum absolute atomic E-state index is 5.91. The van der Waals surface area contributed by atoms with Crippen LogP contribution in [0.3, 0.4) is 0 Å². The minimum atomic E-state index is 0.00193. The van der Waals surface area contributed by atoms with Gasteiger partial charge in [0.1, 0.15) is 12.7 Å². The Kier molecular flexibility index (Phi) is 3.77. The molecule has 0 fully saturated rings. The molecule has 0 spiro atoms. The molecule has 21 heavy (non-hydrogen) atoms. The Bertz CT molecular complexity index is 633. The number of para-hydroxylation sites is 2. The van der Waals surface area contributed by atoms with Gasteiger partial charge in [-0.1, -0.05) is 12.1 Å². The third-order valence-electron chi connectivity index (χ3n) is 3.27. The molecule has 110 valence electrons. The van der Waals surface area contributed by atoms with Crippen LogP contribution in [-0.4, -0.2) is 29.8 Å². The van der Waals surface area contributed by atoms with Gasteiger partial charge in [-0.15, -0.1) is 0 Å². The Morgan fingerprint density at radius 3 is 2.90 bits per heavy atom. The number of nitrogens with zero attached hydrogens (tertiary/aromatic N) is 2. The number of hydrogen-bond donors (Lipinski definition) is 1. The summed E-state index contributed by atoms with van der Waals surface area (Å²) in [5.41, 5.74) is 6.48. The summed E-state index contributed by atoms with van der Waals surface area (Å²) in [4.78, 5) is 8.17. The van der Waals surface area contributed by atoms with Crippen LogP contribution in [0, 0.1) is 0 Å². The number of fused-ring (bicyclic) bond motifs is 1. The quantitative estimate of drug-likeness (QED) is 0.924. The molecule has 3 rings (SSSR count). The molecule has 1 atom stereocenters. The number of benzene rings is 1. The third kappa shape index (κ3) is 3.16. The Hall–Kier alpha value is -2.50. The first kappa shape index (κ1) is 13.5. The zero-order valence-corrected chi connectivity index (χ0v) is 11.8. The molecule has 0 unspecified atom stereocenters. The predicted octanol–water partition coefficient (Wildman–Crippen LogP) is 1.84. The molecule has 0 saturated carbocycles. The van der Waals surface area contributed by atoms with Gasteiger partial charge in [0.2, 0.25) is 11.8 Å². The number of nitrogen functional groups attached to an aromatic ring is 1. The van der Waals surface area contributed by atoms with Gasteiger partial charge in [0.05, 0.1) is 7.11 Å². The van der Waals surface area contributed by atoms with Gasteiger partial charge in [-0.3, -0.25) is 0 Å². The van der Waals surface area contributed by atoms with Crippen molar-refractivity contribution in [1.82, 2.24) is 9.97 Å². The monoisotopic (exact) mass is 287 g/mol. The highest BCUT2D eigenvalue weighted by Gasteiger charge is 2.20. The van der Waals surface area contributed by atoms with Crippen LogP contribution in [0.15, 0.2) is 30.3 Å². The molecule has 0 amide bonds. The van der Waals surface area contributed by atoms with E-state index in [0.717, 1.165) is 30.0 Å². The summed E-state index contributed by atoms with van der Waals surface area (Å²) >= 11 is 0. The molecular formula is C15H17N3O3. The molecule has 0 aliphatic carbocycles. The van der Waals surface area contributed by atoms with Gasteiger partial charge in [0.25, 0.3) is 0 Å². The molecule has 6 heteroatoms. The summed E-state index contributed by atoms with van der Waals surface area (Å²) in [6.07, 6.45) is 1.51. The van der Waals surface area contributed by atoms with Crippen LogP contribution < -0.4 is 19.9 Å². The molecule has 1 aromatic carbocycles. The highest BCUT2D eigenvalue weighted by molar-refractivity contribution is 5.40. The first-order chi connectivity index (χ1) is 10.2. The van der Waals surface area contributed by atoms with Gasteiger partial charge in [-0.25, -0.2) is 4.98 Å². The summed E-state index contributed by atoms with van der Waals surface area (Å²) in [6.45, 7) is 0.536. The second kappa shape index (κ2) is 5.87. The summed E-state index contributed by atoms with van der Waals surface area (Å²) < 4.78 is 16.7. The van der Waals surface area contributed by atoms with Gasteiger partial charge in [-0.2, -0.15) is 4.98 Å². The Labute approximate surface area is 122 Å². The molecule has 1 aromatic heterocycles. The SMILES string of the molecule is COc1cc(CC[C@H]2COc3ccccc3O2)nc(N)n1. The van der Waals surface area contributed by atoms with E-state index in [-0.39, 0.29) is 12.1 Å². The number of aryl methyl sites for hydroxylation is 1. The normalized spacial score (nSPS) is 16.5. The maximum atomic E-state index is 5.91. The van der Waals surface area contributed by atoms with Crippen LogP contribution in [0.5, 0.6) is 17.4 Å². The van der Waals surface area contributed by atoms with E-state index in [1.54, 1.807) is 13.2 Å². The molecule has 1 aliphatic heterocycles. The van der Waals surface area contributed by atoms with E-state index in [1.807, 2.05) is 24.3 Å². The zero-order valence-electron chi connectivity index (χ0n) is 11.8. The van der Waals surface area contributed by atoms with E-state index in [2.05, 4.69) is 9.97 Å². The second-order valence-electron chi connectivity index (χ2n) is 4.80. The molecule has 1 aliphatic rings.